The first-order valence-corrected chi connectivity index (χ1v) is 5.49. The smallest absolute Gasteiger partial charge is 0.0896 e. The summed E-state index contributed by atoms with van der Waals surface area (Å²) in [6.45, 7) is 1.96. The van der Waals surface area contributed by atoms with Crippen molar-refractivity contribution in [2.75, 3.05) is 0 Å². The van der Waals surface area contributed by atoms with E-state index in [0.717, 1.165) is 5.56 Å². The summed E-state index contributed by atoms with van der Waals surface area (Å²) in [6.07, 6.45) is 4.88. The summed E-state index contributed by atoms with van der Waals surface area (Å²) in [7, 11) is 0. The van der Waals surface area contributed by atoms with Gasteiger partial charge in [0.05, 0.1) is 5.60 Å². The minimum absolute atomic E-state index is 0.449. The first-order valence-electron chi connectivity index (χ1n) is 5.49. The predicted octanol–water partition coefficient (Wildman–Crippen LogP) is 3.08. The average Bonchev–Trinajstić information content (AvgIpc) is 2.72. The zero-order valence-electron chi connectivity index (χ0n) is 8.74. The monoisotopic (exact) mass is 190 g/mol. The Morgan fingerprint density at radius 1 is 1.14 bits per heavy atom. The van der Waals surface area contributed by atoms with E-state index in [9.17, 15) is 5.11 Å². The second kappa shape index (κ2) is 3.74. The molecule has 0 heterocycles. The van der Waals surface area contributed by atoms with Gasteiger partial charge in [0.1, 0.15) is 0 Å². The Bertz CT molecular complexity index is 283. The molecule has 1 atom stereocenters. The third-order valence-electron chi connectivity index (χ3n) is 3.51. The van der Waals surface area contributed by atoms with E-state index >= 15 is 0 Å². The van der Waals surface area contributed by atoms with Crippen LogP contribution in [0.4, 0.5) is 0 Å². The van der Waals surface area contributed by atoms with Crippen molar-refractivity contribution >= 4 is 0 Å². The molecule has 2 rings (SSSR count). The topological polar surface area (TPSA) is 20.2 Å². The molecule has 0 aliphatic heterocycles. The fourth-order valence-corrected chi connectivity index (χ4v) is 2.50. The van der Waals surface area contributed by atoms with Crippen LogP contribution in [0.25, 0.3) is 0 Å². The molecule has 0 spiro atoms. The van der Waals surface area contributed by atoms with Crippen LogP contribution in [0.3, 0.4) is 0 Å². The van der Waals surface area contributed by atoms with Crippen molar-refractivity contribution in [2.45, 2.75) is 38.2 Å². The third kappa shape index (κ3) is 1.69. The first kappa shape index (κ1) is 9.72. The van der Waals surface area contributed by atoms with Gasteiger partial charge in [-0.05, 0) is 31.2 Å². The van der Waals surface area contributed by atoms with E-state index in [2.05, 4.69) is 0 Å². The molecule has 1 aliphatic rings. The van der Waals surface area contributed by atoms with Crippen LogP contribution in [0.5, 0.6) is 0 Å². The molecule has 1 aliphatic carbocycles. The zero-order chi connectivity index (χ0) is 10.0. The summed E-state index contributed by atoms with van der Waals surface area (Å²) < 4.78 is 0. The Labute approximate surface area is 85.8 Å². The summed E-state index contributed by atoms with van der Waals surface area (Å²) in [5, 5.41) is 10.5. The Hall–Kier alpha value is -0.820. The number of hydrogen-bond acceptors (Lipinski definition) is 1. The Balaban J connectivity index is 2.22. The van der Waals surface area contributed by atoms with Crippen LogP contribution >= 0.6 is 0 Å². The molecule has 76 valence electrons. The van der Waals surface area contributed by atoms with Crippen molar-refractivity contribution in [1.29, 1.82) is 0 Å². The third-order valence-corrected chi connectivity index (χ3v) is 3.51. The molecule has 1 unspecified atom stereocenters. The second-order valence-electron chi connectivity index (χ2n) is 4.49. The van der Waals surface area contributed by atoms with Gasteiger partial charge < -0.3 is 5.11 Å². The molecule has 14 heavy (non-hydrogen) atoms. The molecule has 0 saturated heterocycles. The molecule has 1 heteroatoms. The van der Waals surface area contributed by atoms with Gasteiger partial charge in [-0.25, -0.2) is 0 Å². The molecular formula is C13H18O. The van der Waals surface area contributed by atoms with Crippen LogP contribution < -0.4 is 0 Å². The zero-order valence-corrected chi connectivity index (χ0v) is 8.74. The fourth-order valence-electron chi connectivity index (χ4n) is 2.50. The van der Waals surface area contributed by atoms with Gasteiger partial charge in [-0.3, -0.25) is 0 Å². The Kier molecular flexibility index (Phi) is 2.60. The number of hydrogen-bond donors (Lipinski definition) is 1. The molecule has 0 aromatic heterocycles. The first-order chi connectivity index (χ1) is 6.71. The highest BCUT2D eigenvalue weighted by atomic mass is 16.3. The minimum Gasteiger partial charge on any atom is -0.385 e. The lowest BCUT2D eigenvalue weighted by Gasteiger charge is -2.30. The van der Waals surface area contributed by atoms with E-state index in [1.807, 2.05) is 37.3 Å². The van der Waals surface area contributed by atoms with Gasteiger partial charge in [0.25, 0.3) is 0 Å². The Morgan fingerprint density at radius 3 is 2.29 bits per heavy atom. The van der Waals surface area contributed by atoms with Crippen molar-refractivity contribution in [1.82, 2.24) is 0 Å². The highest BCUT2D eigenvalue weighted by Gasteiger charge is 2.35. The fraction of sp³-hybridized carbons (Fsp3) is 0.538. The maximum absolute atomic E-state index is 10.5. The largest absolute Gasteiger partial charge is 0.385 e. The maximum atomic E-state index is 10.5. The van der Waals surface area contributed by atoms with Gasteiger partial charge in [-0.2, -0.15) is 0 Å². The predicted molar refractivity (Wildman–Crippen MR) is 58.0 cm³/mol. The lowest BCUT2D eigenvalue weighted by Crippen LogP contribution is -2.29. The molecule has 1 nitrogen and oxygen atoms in total. The molecule has 0 amide bonds. The van der Waals surface area contributed by atoms with Gasteiger partial charge >= 0.3 is 0 Å². The number of aliphatic hydroxyl groups is 1. The van der Waals surface area contributed by atoms with E-state index in [1.54, 1.807) is 0 Å². The van der Waals surface area contributed by atoms with Crippen LogP contribution in [-0.4, -0.2) is 5.11 Å². The lowest BCUT2D eigenvalue weighted by molar-refractivity contribution is -0.00332. The quantitative estimate of drug-likeness (QED) is 0.759. The van der Waals surface area contributed by atoms with E-state index in [-0.39, 0.29) is 0 Å². The van der Waals surface area contributed by atoms with Gasteiger partial charge in [0.15, 0.2) is 0 Å². The molecule has 1 saturated carbocycles. The standard InChI is InChI=1S/C13H18O/c1-13(14,12-9-5-6-10-12)11-7-3-2-4-8-11/h2-4,7-8,12,14H,5-6,9-10H2,1H3. The molecule has 0 bridgehead atoms. The van der Waals surface area contributed by atoms with E-state index in [1.165, 1.54) is 25.7 Å². The molecule has 0 radical (unpaired) electrons. The summed E-state index contributed by atoms with van der Waals surface area (Å²) in [5.41, 5.74) is 0.435. The number of rotatable bonds is 2. The van der Waals surface area contributed by atoms with Gasteiger partial charge in [-0.1, -0.05) is 43.2 Å². The van der Waals surface area contributed by atoms with Gasteiger partial charge in [0, 0.05) is 0 Å². The summed E-state index contributed by atoms with van der Waals surface area (Å²) in [5.74, 6) is 0.449. The van der Waals surface area contributed by atoms with Crippen LogP contribution in [0.1, 0.15) is 38.2 Å². The second-order valence-corrected chi connectivity index (χ2v) is 4.49. The van der Waals surface area contributed by atoms with Crippen LogP contribution in [0, 0.1) is 5.92 Å². The average molecular weight is 190 g/mol. The highest BCUT2D eigenvalue weighted by Crippen LogP contribution is 2.39. The summed E-state index contributed by atoms with van der Waals surface area (Å²) in [4.78, 5) is 0. The molecular weight excluding hydrogens is 172 g/mol. The van der Waals surface area contributed by atoms with Crippen LogP contribution in [0.15, 0.2) is 30.3 Å². The summed E-state index contributed by atoms with van der Waals surface area (Å²) in [6, 6.07) is 10.0. The van der Waals surface area contributed by atoms with Gasteiger partial charge in [-0.15, -0.1) is 0 Å². The molecule has 1 N–H and O–H groups in total. The van der Waals surface area contributed by atoms with Crippen molar-refractivity contribution in [2.24, 2.45) is 5.92 Å². The van der Waals surface area contributed by atoms with Crippen molar-refractivity contribution in [3.63, 3.8) is 0 Å². The Morgan fingerprint density at radius 2 is 1.71 bits per heavy atom. The maximum Gasteiger partial charge on any atom is 0.0896 e. The molecule has 1 aromatic carbocycles. The van der Waals surface area contributed by atoms with Crippen LogP contribution in [-0.2, 0) is 5.60 Å². The van der Waals surface area contributed by atoms with Crippen molar-refractivity contribution < 1.29 is 5.11 Å². The van der Waals surface area contributed by atoms with E-state index in [4.69, 9.17) is 0 Å². The highest BCUT2D eigenvalue weighted by molar-refractivity contribution is 5.22. The normalized spacial score (nSPS) is 22.1. The van der Waals surface area contributed by atoms with Crippen LogP contribution in [0.2, 0.25) is 0 Å². The summed E-state index contributed by atoms with van der Waals surface area (Å²) >= 11 is 0. The lowest BCUT2D eigenvalue weighted by atomic mass is 9.82. The van der Waals surface area contributed by atoms with Gasteiger partial charge in [0.2, 0.25) is 0 Å². The number of benzene rings is 1. The van der Waals surface area contributed by atoms with E-state index in [0.29, 0.717) is 5.92 Å². The minimum atomic E-state index is -0.627. The molecule has 1 fully saturated rings. The van der Waals surface area contributed by atoms with E-state index < -0.39 is 5.60 Å². The molecule has 1 aromatic rings. The van der Waals surface area contributed by atoms with Crippen molar-refractivity contribution in [3.8, 4) is 0 Å². The van der Waals surface area contributed by atoms with Crippen molar-refractivity contribution in [3.05, 3.63) is 35.9 Å². The SMILES string of the molecule is CC(O)(c1ccccc1)C1CCCC1.